The number of amides is 1. The fourth-order valence-corrected chi connectivity index (χ4v) is 4.65. The molecule has 1 saturated heterocycles. The summed E-state index contributed by atoms with van der Waals surface area (Å²) >= 11 is 0. The summed E-state index contributed by atoms with van der Waals surface area (Å²) in [5, 5.41) is 11.6. The predicted octanol–water partition coefficient (Wildman–Crippen LogP) is 5.18. The molecule has 0 aliphatic carbocycles. The van der Waals surface area contributed by atoms with E-state index in [0.29, 0.717) is 41.6 Å². The van der Waals surface area contributed by atoms with Crippen molar-refractivity contribution in [2.45, 2.75) is 26.4 Å². The largest absolute Gasteiger partial charge is 0.507 e. The van der Waals surface area contributed by atoms with E-state index >= 15 is 0 Å². The van der Waals surface area contributed by atoms with Crippen molar-refractivity contribution in [2.75, 3.05) is 39.3 Å². The molecule has 4 rings (SSSR count). The van der Waals surface area contributed by atoms with Crippen molar-refractivity contribution in [1.82, 2.24) is 4.90 Å². The first-order valence-corrected chi connectivity index (χ1v) is 12.9. The number of benzene rings is 3. The van der Waals surface area contributed by atoms with Crippen LogP contribution >= 0.6 is 0 Å². The molecule has 1 unspecified atom stereocenters. The number of rotatable bonds is 10. The van der Waals surface area contributed by atoms with Crippen LogP contribution in [-0.4, -0.2) is 56.1 Å². The summed E-state index contributed by atoms with van der Waals surface area (Å²) < 4.78 is 16.6. The van der Waals surface area contributed by atoms with Crippen molar-refractivity contribution in [1.29, 1.82) is 0 Å². The Labute approximate surface area is 229 Å². The van der Waals surface area contributed by atoms with Gasteiger partial charge in [-0.15, -0.1) is 0 Å². The Morgan fingerprint density at radius 3 is 2.13 bits per heavy atom. The SMILES string of the molecule is CCOc1ccc(/C(O)=C2/C(=O)C(=O)N(Cc3ccc(OC)cc3)C2c2ccc(N(C)C)cc2)c(OCC)c1. The second-order valence-electron chi connectivity index (χ2n) is 9.29. The normalized spacial score (nSPS) is 16.3. The maximum Gasteiger partial charge on any atom is 0.295 e. The van der Waals surface area contributed by atoms with Crippen LogP contribution in [0.25, 0.3) is 5.76 Å². The minimum atomic E-state index is -0.802. The fraction of sp³-hybridized carbons (Fsp3) is 0.290. The van der Waals surface area contributed by atoms with Gasteiger partial charge in [-0.1, -0.05) is 24.3 Å². The maximum absolute atomic E-state index is 13.5. The van der Waals surface area contributed by atoms with Crippen LogP contribution in [0.5, 0.6) is 17.2 Å². The number of Topliss-reactive ketones (excluding diaryl/α,β-unsaturated/α-hetero) is 1. The molecule has 1 heterocycles. The molecule has 0 aromatic heterocycles. The topological polar surface area (TPSA) is 88.5 Å². The van der Waals surface area contributed by atoms with Crippen LogP contribution < -0.4 is 19.1 Å². The number of methoxy groups -OCH3 is 1. The lowest BCUT2D eigenvalue weighted by molar-refractivity contribution is -0.140. The van der Waals surface area contributed by atoms with E-state index in [9.17, 15) is 14.7 Å². The molecular weight excluding hydrogens is 496 g/mol. The number of hydrogen-bond acceptors (Lipinski definition) is 7. The van der Waals surface area contributed by atoms with Crippen LogP contribution in [0.3, 0.4) is 0 Å². The molecule has 3 aromatic rings. The van der Waals surface area contributed by atoms with Crippen LogP contribution in [0.4, 0.5) is 5.69 Å². The fourth-order valence-electron chi connectivity index (χ4n) is 4.65. The summed E-state index contributed by atoms with van der Waals surface area (Å²) in [6.07, 6.45) is 0. The Morgan fingerprint density at radius 1 is 0.897 bits per heavy atom. The number of likely N-dealkylation sites (tertiary alicyclic amines) is 1. The molecule has 1 fully saturated rings. The van der Waals surface area contributed by atoms with Crippen LogP contribution in [0.15, 0.2) is 72.3 Å². The highest BCUT2D eigenvalue weighted by atomic mass is 16.5. The lowest BCUT2D eigenvalue weighted by Gasteiger charge is -2.26. The molecule has 0 bridgehead atoms. The average Bonchev–Trinajstić information content (AvgIpc) is 3.18. The molecule has 0 radical (unpaired) electrons. The van der Waals surface area contributed by atoms with Gasteiger partial charge >= 0.3 is 0 Å². The van der Waals surface area contributed by atoms with Gasteiger partial charge in [0.25, 0.3) is 11.7 Å². The van der Waals surface area contributed by atoms with Crippen molar-refractivity contribution in [3.63, 3.8) is 0 Å². The van der Waals surface area contributed by atoms with Gasteiger partial charge in [0, 0.05) is 32.4 Å². The first-order chi connectivity index (χ1) is 18.8. The standard InChI is InChI=1S/C31H34N2O6/c1-6-38-24-16-17-25(26(18-24)39-7-2)29(34)27-28(21-10-12-22(13-11-21)32(3)4)33(31(36)30(27)35)19-20-8-14-23(37-5)15-9-20/h8-18,28,34H,6-7,19H2,1-5H3/b29-27-. The molecule has 3 aromatic carbocycles. The maximum atomic E-state index is 13.5. The highest BCUT2D eigenvalue weighted by molar-refractivity contribution is 6.46. The number of anilines is 1. The van der Waals surface area contributed by atoms with E-state index in [2.05, 4.69) is 0 Å². The molecule has 204 valence electrons. The Bertz CT molecular complexity index is 1360. The minimum Gasteiger partial charge on any atom is -0.507 e. The van der Waals surface area contributed by atoms with Gasteiger partial charge < -0.3 is 29.1 Å². The predicted molar refractivity (Wildman–Crippen MR) is 150 cm³/mol. The Kier molecular flexibility index (Phi) is 8.44. The van der Waals surface area contributed by atoms with Crippen molar-refractivity contribution in [3.8, 4) is 17.2 Å². The molecule has 8 heteroatoms. The molecule has 1 atom stereocenters. The third-order valence-electron chi connectivity index (χ3n) is 6.60. The van der Waals surface area contributed by atoms with Gasteiger partial charge in [0.1, 0.15) is 23.0 Å². The number of aliphatic hydroxyl groups excluding tert-OH is 1. The van der Waals surface area contributed by atoms with Gasteiger partial charge in [0.15, 0.2) is 0 Å². The molecule has 1 amide bonds. The van der Waals surface area contributed by atoms with Gasteiger partial charge in [-0.2, -0.15) is 0 Å². The van der Waals surface area contributed by atoms with Crippen molar-refractivity contribution in [3.05, 3.63) is 89.0 Å². The monoisotopic (exact) mass is 530 g/mol. The van der Waals surface area contributed by atoms with E-state index in [1.54, 1.807) is 37.4 Å². The van der Waals surface area contributed by atoms with Crippen molar-refractivity contribution < 1.29 is 28.9 Å². The summed E-state index contributed by atoms with van der Waals surface area (Å²) in [5.41, 5.74) is 2.83. The van der Waals surface area contributed by atoms with Gasteiger partial charge in [0.05, 0.1) is 37.5 Å². The first-order valence-electron chi connectivity index (χ1n) is 12.9. The highest BCUT2D eigenvalue weighted by Gasteiger charge is 2.46. The summed E-state index contributed by atoms with van der Waals surface area (Å²) in [5.74, 6) is -0.0939. The van der Waals surface area contributed by atoms with Gasteiger partial charge in [-0.25, -0.2) is 0 Å². The summed E-state index contributed by atoms with van der Waals surface area (Å²) in [6.45, 7) is 4.69. The molecule has 0 saturated carbocycles. The Morgan fingerprint density at radius 2 is 1.54 bits per heavy atom. The molecule has 1 N–H and O–H groups in total. The molecule has 39 heavy (non-hydrogen) atoms. The summed E-state index contributed by atoms with van der Waals surface area (Å²) in [7, 11) is 5.46. The first kappa shape index (κ1) is 27.6. The summed E-state index contributed by atoms with van der Waals surface area (Å²) in [4.78, 5) is 30.4. The molecule has 1 aliphatic heterocycles. The molecule has 0 spiro atoms. The van der Waals surface area contributed by atoms with E-state index in [4.69, 9.17) is 14.2 Å². The van der Waals surface area contributed by atoms with Gasteiger partial charge in [0.2, 0.25) is 0 Å². The van der Waals surface area contributed by atoms with Crippen molar-refractivity contribution >= 4 is 23.1 Å². The van der Waals surface area contributed by atoms with E-state index in [-0.39, 0.29) is 17.9 Å². The molecular formula is C31H34N2O6. The van der Waals surface area contributed by atoms with Crippen LogP contribution in [-0.2, 0) is 16.1 Å². The van der Waals surface area contributed by atoms with Gasteiger partial charge in [-0.3, -0.25) is 9.59 Å². The number of carbonyl (C=O) groups excluding carboxylic acids is 2. The number of carbonyl (C=O) groups is 2. The quantitative estimate of drug-likeness (QED) is 0.220. The Balaban J connectivity index is 1.85. The zero-order chi connectivity index (χ0) is 28.1. The van der Waals surface area contributed by atoms with E-state index in [0.717, 1.165) is 11.3 Å². The smallest absolute Gasteiger partial charge is 0.295 e. The second kappa shape index (κ2) is 11.9. The van der Waals surface area contributed by atoms with E-state index < -0.39 is 17.7 Å². The third kappa shape index (κ3) is 5.70. The second-order valence-corrected chi connectivity index (χ2v) is 9.29. The van der Waals surface area contributed by atoms with Crippen LogP contribution in [0.2, 0.25) is 0 Å². The lowest BCUT2D eigenvalue weighted by Crippen LogP contribution is -2.29. The zero-order valence-electron chi connectivity index (χ0n) is 22.9. The third-order valence-corrected chi connectivity index (χ3v) is 6.60. The average molecular weight is 531 g/mol. The minimum absolute atomic E-state index is 0.0104. The van der Waals surface area contributed by atoms with E-state index in [1.807, 2.05) is 69.2 Å². The Hall–Kier alpha value is -4.46. The zero-order valence-corrected chi connectivity index (χ0v) is 22.9. The summed E-state index contributed by atoms with van der Waals surface area (Å²) in [6, 6.07) is 19.1. The number of aliphatic hydroxyl groups is 1. The van der Waals surface area contributed by atoms with Crippen molar-refractivity contribution in [2.24, 2.45) is 0 Å². The van der Waals surface area contributed by atoms with Gasteiger partial charge in [-0.05, 0) is 61.4 Å². The number of ketones is 1. The number of ether oxygens (including phenoxy) is 3. The molecule has 1 aliphatic rings. The number of nitrogens with zero attached hydrogens (tertiary/aromatic N) is 2. The lowest BCUT2D eigenvalue weighted by atomic mass is 9.94. The highest BCUT2D eigenvalue weighted by Crippen LogP contribution is 2.42. The van der Waals surface area contributed by atoms with Crippen LogP contribution in [0, 0.1) is 0 Å². The van der Waals surface area contributed by atoms with Crippen LogP contribution in [0.1, 0.15) is 36.6 Å². The molecule has 8 nitrogen and oxygen atoms in total. The van der Waals surface area contributed by atoms with E-state index in [1.165, 1.54) is 4.90 Å². The number of hydrogen-bond donors (Lipinski definition) is 1.